The van der Waals surface area contributed by atoms with Crippen LogP contribution < -0.4 is 5.32 Å². The van der Waals surface area contributed by atoms with E-state index in [-0.39, 0.29) is 0 Å². The molecule has 0 bridgehead atoms. The lowest BCUT2D eigenvalue weighted by Crippen LogP contribution is -2.24. The molecule has 16 heavy (non-hydrogen) atoms. The van der Waals surface area contributed by atoms with Crippen LogP contribution in [0.3, 0.4) is 0 Å². The average molecular weight is 223 g/mol. The molecule has 1 aliphatic heterocycles. The van der Waals surface area contributed by atoms with Crippen molar-refractivity contribution in [2.75, 3.05) is 26.8 Å². The fraction of sp³-hybridized carbons (Fsp3) is 0.750. The number of hydrogen-bond acceptors (Lipinski definition) is 3. The third-order valence-electron chi connectivity index (χ3n) is 3.25. The summed E-state index contributed by atoms with van der Waals surface area (Å²) in [6.07, 6.45) is 4.08. The van der Waals surface area contributed by atoms with E-state index in [1.54, 1.807) is 0 Å². The number of ether oxygens (including phenoxy) is 1. The minimum atomic E-state index is 0.510. The molecule has 2 rings (SSSR count). The minimum Gasteiger partial charge on any atom is -0.381 e. The van der Waals surface area contributed by atoms with E-state index in [0.717, 1.165) is 32.6 Å². The predicted molar refractivity (Wildman–Crippen MR) is 63.7 cm³/mol. The lowest BCUT2D eigenvalue weighted by molar-refractivity contribution is 0.0651. The van der Waals surface area contributed by atoms with Crippen molar-refractivity contribution in [3.63, 3.8) is 0 Å². The highest BCUT2D eigenvalue weighted by Gasteiger charge is 2.20. The molecule has 1 N–H and O–H groups in total. The molecule has 0 radical (unpaired) electrons. The minimum absolute atomic E-state index is 0.510. The van der Waals surface area contributed by atoms with Gasteiger partial charge in [0.2, 0.25) is 0 Å². The Bertz CT molecular complexity index is 318. The van der Waals surface area contributed by atoms with Crippen LogP contribution in [0.15, 0.2) is 12.3 Å². The second-order valence-corrected chi connectivity index (χ2v) is 4.50. The normalized spacial score (nSPS) is 19.9. The maximum atomic E-state index is 5.39. The van der Waals surface area contributed by atoms with Gasteiger partial charge in [-0.2, -0.15) is 5.10 Å². The fourth-order valence-electron chi connectivity index (χ4n) is 2.36. The predicted octanol–water partition coefficient (Wildman–Crippen LogP) is 1.56. The van der Waals surface area contributed by atoms with E-state index < -0.39 is 0 Å². The molecule has 0 aromatic carbocycles. The lowest BCUT2D eigenvalue weighted by atomic mass is 10.1. The summed E-state index contributed by atoms with van der Waals surface area (Å²) in [7, 11) is 1.99. The summed E-state index contributed by atoms with van der Waals surface area (Å²) in [6.45, 7) is 4.97. The number of likely N-dealkylation sites (N-methyl/N-ethyl adjacent to an activating group) is 1. The Hall–Kier alpha value is -0.870. The van der Waals surface area contributed by atoms with Gasteiger partial charge in [-0.1, -0.05) is 6.92 Å². The summed E-state index contributed by atoms with van der Waals surface area (Å²) in [4.78, 5) is 0. The van der Waals surface area contributed by atoms with Crippen molar-refractivity contribution in [1.82, 2.24) is 15.1 Å². The summed E-state index contributed by atoms with van der Waals surface area (Å²) < 4.78 is 7.59. The molecule has 1 saturated heterocycles. The van der Waals surface area contributed by atoms with Gasteiger partial charge in [0.05, 0.1) is 6.04 Å². The van der Waals surface area contributed by atoms with Crippen molar-refractivity contribution < 1.29 is 4.74 Å². The van der Waals surface area contributed by atoms with Crippen LogP contribution in [-0.2, 0) is 4.74 Å². The molecule has 0 amide bonds. The van der Waals surface area contributed by atoms with Crippen LogP contribution in [0.5, 0.6) is 0 Å². The van der Waals surface area contributed by atoms with Gasteiger partial charge in [0.15, 0.2) is 0 Å². The number of nitrogens with zero attached hydrogens (tertiary/aromatic N) is 2. The van der Waals surface area contributed by atoms with Crippen LogP contribution in [0.4, 0.5) is 0 Å². The van der Waals surface area contributed by atoms with Crippen molar-refractivity contribution in [1.29, 1.82) is 0 Å². The quantitative estimate of drug-likeness (QED) is 0.842. The highest BCUT2D eigenvalue weighted by molar-refractivity contribution is 5.08. The Morgan fingerprint density at radius 3 is 3.00 bits per heavy atom. The zero-order chi connectivity index (χ0) is 11.4. The second-order valence-electron chi connectivity index (χ2n) is 4.50. The zero-order valence-electron chi connectivity index (χ0n) is 10.1. The van der Waals surface area contributed by atoms with E-state index in [1.807, 2.05) is 13.2 Å². The summed E-state index contributed by atoms with van der Waals surface area (Å²) in [5, 5.41) is 7.70. The van der Waals surface area contributed by atoms with E-state index in [2.05, 4.69) is 28.1 Å². The molecule has 1 aromatic heterocycles. The molecule has 2 heterocycles. The number of rotatable bonds is 4. The molecule has 1 fully saturated rings. The van der Waals surface area contributed by atoms with Gasteiger partial charge in [-0.05, 0) is 26.0 Å². The van der Waals surface area contributed by atoms with E-state index in [9.17, 15) is 0 Å². The molecule has 90 valence electrons. The molecule has 0 saturated carbocycles. The van der Waals surface area contributed by atoms with E-state index in [1.165, 1.54) is 5.69 Å². The van der Waals surface area contributed by atoms with Gasteiger partial charge < -0.3 is 10.1 Å². The Morgan fingerprint density at radius 1 is 1.56 bits per heavy atom. The van der Waals surface area contributed by atoms with Crippen LogP contribution in [-0.4, -0.2) is 36.6 Å². The summed E-state index contributed by atoms with van der Waals surface area (Å²) in [5.74, 6) is 0.510. The molecule has 0 aliphatic carbocycles. The maximum absolute atomic E-state index is 5.39. The Labute approximate surface area is 97.0 Å². The number of nitrogens with one attached hydrogen (secondary N) is 1. The van der Waals surface area contributed by atoms with Crippen LogP contribution in [0.25, 0.3) is 0 Å². The van der Waals surface area contributed by atoms with Crippen molar-refractivity contribution in [2.24, 2.45) is 0 Å². The Balaban J connectivity index is 2.11. The monoisotopic (exact) mass is 223 g/mol. The SMILES string of the molecule is CNCC(C)c1ccnn1C1CCOCC1. The van der Waals surface area contributed by atoms with Gasteiger partial charge in [0, 0.05) is 37.6 Å². The molecule has 1 atom stereocenters. The van der Waals surface area contributed by atoms with Gasteiger partial charge in [-0.15, -0.1) is 0 Å². The first-order valence-corrected chi connectivity index (χ1v) is 6.08. The molecule has 1 aliphatic rings. The van der Waals surface area contributed by atoms with Gasteiger partial charge >= 0.3 is 0 Å². The first-order chi connectivity index (χ1) is 7.83. The average Bonchev–Trinajstić information content (AvgIpc) is 2.79. The molecule has 0 spiro atoms. The van der Waals surface area contributed by atoms with Gasteiger partial charge in [0.1, 0.15) is 0 Å². The first-order valence-electron chi connectivity index (χ1n) is 6.08. The van der Waals surface area contributed by atoms with Crippen LogP contribution >= 0.6 is 0 Å². The number of aromatic nitrogens is 2. The lowest BCUT2D eigenvalue weighted by Gasteiger charge is -2.25. The standard InChI is InChI=1S/C12H21N3O/c1-10(9-13-2)12-3-6-14-15(12)11-4-7-16-8-5-11/h3,6,10-11,13H,4-5,7-9H2,1-2H3. The largest absolute Gasteiger partial charge is 0.381 e. The van der Waals surface area contributed by atoms with Crippen LogP contribution in [0, 0.1) is 0 Å². The van der Waals surface area contributed by atoms with Crippen molar-refractivity contribution >= 4 is 0 Å². The smallest absolute Gasteiger partial charge is 0.0566 e. The molecule has 4 nitrogen and oxygen atoms in total. The highest BCUT2D eigenvalue weighted by atomic mass is 16.5. The number of hydrogen-bond donors (Lipinski definition) is 1. The Kier molecular flexibility index (Phi) is 3.96. The zero-order valence-corrected chi connectivity index (χ0v) is 10.1. The molecular formula is C12H21N3O. The highest BCUT2D eigenvalue weighted by Crippen LogP contribution is 2.25. The molecular weight excluding hydrogens is 202 g/mol. The summed E-state index contributed by atoms with van der Waals surface area (Å²) in [6, 6.07) is 2.66. The summed E-state index contributed by atoms with van der Waals surface area (Å²) in [5.41, 5.74) is 1.33. The third kappa shape index (κ3) is 2.44. The van der Waals surface area contributed by atoms with Crippen LogP contribution in [0.1, 0.15) is 37.4 Å². The first kappa shape index (κ1) is 11.6. The molecule has 1 unspecified atom stereocenters. The molecule has 1 aromatic rings. The maximum Gasteiger partial charge on any atom is 0.0566 e. The van der Waals surface area contributed by atoms with Gasteiger partial charge in [0.25, 0.3) is 0 Å². The van der Waals surface area contributed by atoms with E-state index >= 15 is 0 Å². The fourth-order valence-corrected chi connectivity index (χ4v) is 2.36. The Morgan fingerprint density at radius 2 is 2.31 bits per heavy atom. The van der Waals surface area contributed by atoms with Crippen molar-refractivity contribution in [3.05, 3.63) is 18.0 Å². The van der Waals surface area contributed by atoms with E-state index in [0.29, 0.717) is 12.0 Å². The van der Waals surface area contributed by atoms with Crippen LogP contribution in [0.2, 0.25) is 0 Å². The third-order valence-corrected chi connectivity index (χ3v) is 3.25. The van der Waals surface area contributed by atoms with Crippen molar-refractivity contribution in [2.45, 2.75) is 31.7 Å². The van der Waals surface area contributed by atoms with Gasteiger partial charge in [-0.25, -0.2) is 0 Å². The van der Waals surface area contributed by atoms with Gasteiger partial charge in [-0.3, -0.25) is 4.68 Å². The molecule has 4 heteroatoms. The van der Waals surface area contributed by atoms with E-state index in [4.69, 9.17) is 4.74 Å². The summed E-state index contributed by atoms with van der Waals surface area (Å²) >= 11 is 0. The topological polar surface area (TPSA) is 39.1 Å². The van der Waals surface area contributed by atoms with Crippen molar-refractivity contribution in [3.8, 4) is 0 Å². The second kappa shape index (κ2) is 5.46.